The Kier molecular flexibility index (Phi) is 3.50. The highest BCUT2D eigenvalue weighted by Gasteiger charge is 2.30. The molecule has 2 unspecified atom stereocenters. The van der Waals surface area contributed by atoms with Crippen LogP contribution in [-0.4, -0.2) is 30.1 Å². The number of amides is 1. The molecule has 1 aromatic carbocycles. The summed E-state index contributed by atoms with van der Waals surface area (Å²) in [6.45, 7) is 2.00. The molecule has 0 aliphatic carbocycles. The standard InChI is InChI=1S/C13H15NO4/c1-8(13(16)17)6-14-12(15)10-7-18-11-5-3-2-4-9(10)11/h2-5,8,10H,6-7H2,1H3,(H,14,15)(H,16,17). The molecule has 0 saturated carbocycles. The van der Waals surface area contributed by atoms with Crippen LogP contribution < -0.4 is 10.1 Å². The number of carbonyl (C=O) groups excluding carboxylic acids is 1. The number of rotatable bonds is 4. The van der Waals surface area contributed by atoms with Gasteiger partial charge in [-0.1, -0.05) is 25.1 Å². The highest BCUT2D eigenvalue weighted by atomic mass is 16.5. The minimum Gasteiger partial charge on any atom is -0.492 e. The van der Waals surface area contributed by atoms with Gasteiger partial charge in [-0.15, -0.1) is 0 Å². The fourth-order valence-corrected chi connectivity index (χ4v) is 1.84. The Labute approximate surface area is 105 Å². The normalized spacial score (nSPS) is 18.6. The zero-order valence-electron chi connectivity index (χ0n) is 10.1. The molecule has 18 heavy (non-hydrogen) atoms. The topological polar surface area (TPSA) is 75.6 Å². The number of carbonyl (C=O) groups is 2. The van der Waals surface area contributed by atoms with E-state index in [-0.39, 0.29) is 18.4 Å². The molecular formula is C13H15NO4. The van der Waals surface area contributed by atoms with Crippen LogP contribution in [0.15, 0.2) is 24.3 Å². The predicted octanol–water partition coefficient (Wildman–Crippen LogP) is 1.000. The maximum atomic E-state index is 12.0. The summed E-state index contributed by atoms with van der Waals surface area (Å²) in [4.78, 5) is 22.6. The van der Waals surface area contributed by atoms with Crippen molar-refractivity contribution < 1.29 is 19.4 Å². The van der Waals surface area contributed by atoms with Gasteiger partial charge < -0.3 is 15.2 Å². The molecule has 1 aromatic rings. The van der Waals surface area contributed by atoms with Crippen molar-refractivity contribution in [2.45, 2.75) is 12.8 Å². The van der Waals surface area contributed by atoms with E-state index in [1.807, 2.05) is 24.3 Å². The molecule has 1 amide bonds. The fourth-order valence-electron chi connectivity index (χ4n) is 1.84. The number of fused-ring (bicyclic) bond motifs is 1. The first-order valence-electron chi connectivity index (χ1n) is 5.82. The van der Waals surface area contributed by atoms with Crippen LogP contribution in [0.3, 0.4) is 0 Å². The summed E-state index contributed by atoms with van der Waals surface area (Å²) >= 11 is 0. The molecule has 1 heterocycles. The van der Waals surface area contributed by atoms with Crippen molar-refractivity contribution in [3.05, 3.63) is 29.8 Å². The van der Waals surface area contributed by atoms with E-state index in [0.717, 1.165) is 11.3 Å². The molecule has 2 atom stereocenters. The molecule has 2 N–H and O–H groups in total. The summed E-state index contributed by atoms with van der Waals surface area (Å²) in [5.41, 5.74) is 0.859. The number of carboxylic acids is 1. The Balaban J connectivity index is 1.97. The summed E-state index contributed by atoms with van der Waals surface area (Å²) in [7, 11) is 0. The van der Waals surface area contributed by atoms with Gasteiger partial charge in [0.2, 0.25) is 5.91 Å². The summed E-state index contributed by atoms with van der Waals surface area (Å²) in [6, 6.07) is 7.38. The second-order valence-corrected chi connectivity index (χ2v) is 4.39. The van der Waals surface area contributed by atoms with E-state index >= 15 is 0 Å². The van der Waals surface area contributed by atoms with Crippen molar-refractivity contribution in [2.24, 2.45) is 5.92 Å². The van der Waals surface area contributed by atoms with Crippen molar-refractivity contribution >= 4 is 11.9 Å². The average molecular weight is 249 g/mol. The van der Waals surface area contributed by atoms with E-state index in [1.54, 1.807) is 6.92 Å². The minimum absolute atomic E-state index is 0.132. The van der Waals surface area contributed by atoms with E-state index in [0.29, 0.717) is 6.61 Å². The van der Waals surface area contributed by atoms with Gasteiger partial charge in [-0.2, -0.15) is 0 Å². The van der Waals surface area contributed by atoms with E-state index in [9.17, 15) is 9.59 Å². The zero-order valence-corrected chi connectivity index (χ0v) is 10.1. The van der Waals surface area contributed by atoms with E-state index < -0.39 is 11.9 Å². The number of carboxylic acid groups (broad SMARTS) is 1. The first-order valence-corrected chi connectivity index (χ1v) is 5.82. The lowest BCUT2D eigenvalue weighted by atomic mass is 10.0. The maximum absolute atomic E-state index is 12.0. The molecule has 5 heteroatoms. The monoisotopic (exact) mass is 249 g/mol. The highest BCUT2D eigenvalue weighted by Crippen LogP contribution is 2.33. The van der Waals surface area contributed by atoms with Crippen LogP contribution in [0.1, 0.15) is 18.4 Å². The molecule has 5 nitrogen and oxygen atoms in total. The molecular weight excluding hydrogens is 234 g/mol. The van der Waals surface area contributed by atoms with E-state index in [4.69, 9.17) is 9.84 Å². The maximum Gasteiger partial charge on any atom is 0.308 e. The summed E-state index contributed by atoms with van der Waals surface area (Å²) in [5, 5.41) is 11.4. The summed E-state index contributed by atoms with van der Waals surface area (Å²) in [6.07, 6.45) is 0. The smallest absolute Gasteiger partial charge is 0.308 e. The second kappa shape index (κ2) is 5.08. The molecule has 0 bridgehead atoms. The zero-order chi connectivity index (χ0) is 13.1. The summed E-state index contributed by atoms with van der Waals surface area (Å²) in [5.74, 6) is -1.32. The molecule has 1 aliphatic heterocycles. The average Bonchev–Trinajstić information content (AvgIpc) is 2.79. The number of aliphatic carboxylic acids is 1. The van der Waals surface area contributed by atoms with Crippen LogP contribution in [0.5, 0.6) is 5.75 Å². The van der Waals surface area contributed by atoms with E-state index in [1.165, 1.54) is 0 Å². The predicted molar refractivity (Wildman–Crippen MR) is 64.5 cm³/mol. The van der Waals surface area contributed by atoms with E-state index in [2.05, 4.69) is 5.32 Å². The van der Waals surface area contributed by atoms with Gasteiger partial charge in [0.05, 0.1) is 5.92 Å². The van der Waals surface area contributed by atoms with Gasteiger partial charge in [0.15, 0.2) is 0 Å². The fraction of sp³-hybridized carbons (Fsp3) is 0.385. The van der Waals surface area contributed by atoms with Crippen LogP contribution in [-0.2, 0) is 9.59 Å². The number of benzene rings is 1. The Morgan fingerprint density at radius 1 is 1.50 bits per heavy atom. The second-order valence-electron chi connectivity index (χ2n) is 4.39. The van der Waals surface area contributed by atoms with Gasteiger partial charge in [0.25, 0.3) is 0 Å². The first kappa shape index (κ1) is 12.4. The molecule has 0 spiro atoms. The molecule has 0 fully saturated rings. The van der Waals surface area contributed by atoms with Gasteiger partial charge in [0.1, 0.15) is 18.3 Å². The van der Waals surface area contributed by atoms with Gasteiger partial charge in [-0.3, -0.25) is 9.59 Å². The lowest BCUT2D eigenvalue weighted by molar-refractivity contribution is -0.141. The number of para-hydroxylation sites is 1. The van der Waals surface area contributed by atoms with Gasteiger partial charge in [0, 0.05) is 12.1 Å². The van der Waals surface area contributed by atoms with Crippen LogP contribution in [0.2, 0.25) is 0 Å². The Morgan fingerprint density at radius 2 is 2.22 bits per heavy atom. The Morgan fingerprint density at radius 3 is 2.94 bits per heavy atom. The Bertz CT molecular complexity index is 472. The summed E-state index contributed by atoms with van der Waals surface area (Å²) < 4.78 is 5.41. The van der Waals surface area contributed by atoms with Crippen LogP contribution >= 0.6 is 0 Å². The van der Waals surface area contributed by atoms with Crippen molar-refractivity contribution in [1.82, 2.24) is 5.32 Å². The quantitative estimate of drug-likeness (QED) is 0.834. The molecule has 1 aliphatic rings. The molecule has 0 aromatic heterocycles. The first-order chi connectivity index (χ1) is 8.59. The Hall–Kier alpha value is -2.04. The third-order valence-corrected chi connectivity index (χ3v) is 3.02. The largest absolute Gasteiger partial charge is 0.492 e. The lowest BCUT2D eigenvalue weighted by Gasteiger charge is -2.12. The lowest BCUT2D eigenvalue weighted by Crippen LogP contribution is -2.35. The van der Waals surface area contributed by atoms with Crippen molar-refractivity contribution in [3.63, 3.8) is 0 Å². The third kappa shape index (κ3) is 2.45. The van der Waals surface area contributed by atoms with Crippen molar-refractivity contribution in [3.8, 4) is 5.75 Å². The highest BCUT2D eigenvalue weighted by molar-refractivity contribution is 5.85. The number of hydrogen-bond acceptors (Lipinski definition) is 3. The molecule has 96 valence electrons. The number of nitrogens with one attached hydrogen (secondary N) is 1. The van der Waals surface area contributed by atoms with Gasteiger partial charge >= 0.3 is 5.97 Å². The number of hydrogen-bond donors (Lipinski definition) is 2. The molecule has 2 rings (SSSR count). The molecule has 0 saturated heterocycles. The van der Waals surface area contributed by atoms with Crippen LogP contribution in [0.4, 0.5) is 0 Å². The van der Waals surface area contributed by atoms with Crippen LogP contribution in [0.25, 0.3) is 0 Å². The van der Waals surface area contributed by atoms with Crippen molar-refractivity contribution in [1.29, 1.82) is 0 Å². The van der Waals surface area contributed by atoms with Crippen LogP contribution in [0, 0.1) is 5.92 Å². The molecule has 0 radical (unpaired) electrons. The van der Waals surface area contributed by atoms with Gasteiger partial charge in [-0.05, 0) is 6.07 Å². The number of ether oxygens (including phenoxy) is 1. The van der Waals surface area contributed by atoms with Gasteiger partial charge in [-0.25, -0.2) is 0 Å². The SMILES string of the molecule is CC(CNC(=O)C1COc2ccccc21)C(=O)O. The minimum atomic E-state index is -0.918. The van der Waals surface area contributed by atoms with Crippen molar-refractivity contribution in [2.75, 3.05) is 13.2 Å². The third-order valence-electron chi connectivity index (χ3n) is 3.02.